The predicted molar refractivity (Wildman–Crippen MR) is 116 cm³/mol. The molecule has 0 amide bonds. The lowest BCUT2D eigenvalue weighted by atomic mass is 9.77. The lowest BCUT2D eigenvalue weighted by molar-refractivity contribution is 0.00578. The highest BCUT2D eigenvalue weighted by Crippen LogP contribution is 2.38. The van der Waals surface area contributed by atoms with Gasteiger partial charge in [0.05, 0.1) is 22.2 Å². The Bertz CT molecular complexity index is 1230. The second-order valence-corrected chi connectivity index (χ2v) is 8.64. The molecule has 5 heteroatoms. The summed E-state index contributed by atoms with van der Waals surface area (Å²) in [5.74, 6) is -0.248. The first kappa shape index (κ1) is 18.4. The Morgan fingerprint density at radius 2 is 1.38 bits per heavy atom. The second kappa shape index (κ2) is 6.18. The van der Waals surface area contributed by atoms with Gasteiger partial charge in [-0.05, 0) is 45.9 Å². The number of rotatable bonds is 2. The monoisotopic (exact) mass is 387 g/mol. The number of para-hydroxylation sites is 3. The summed E-state index contributed by atoms with van der Waals surface area (Å²) in [6, 6.07) is 21.2. The van der Waals surface area contributed by atoms with E-state index in [2.05, 4.69) is 0 Å². The molecule has 4 aromatic rings. The number of aromatic nitrogens is 1. The maximum atomic E-state index is 15.0. The fraction of sp³-hybridized carbons (Fsp3) is 0.250. The zero-order valence-corrected chi connectivity index (χ0v) is 17.1. The molecule has 0 unspecified atom stereocenters. The fourth-order valence-electron chi connectivity index (χ4n) is 4.09. The molecule has 0 spiro atoms. The van der Waals surface area contributed by atoms with Crippen LogP contribution in [0.2, 0.25) is 0 Å². The summed E-state index contributed by atoms with van der Waals surface area (Å²) in [5.41, 5.74) is 2.38. The first-order valence-corrected chi connectivity index (χ1v) is 9.93. The zero-order valence-electron chi connectivity index (χ0n) is 17.1. The van der Waals surface area contributed by atoms with Crippen LogP contribution in [0.3, 0.4) is 0 Å². The predicted octanol–water partition coefficient (Wildman–Crippen LogP) is 5.22. The van der Waals surface area contributed by atoms with Crippen molar-refractivity contribution in [2.24, 2.45) is 0 Å². The topological polar surface area (TPSA) is 23.4 Å². The van der Waals surface area contributed by atoms with Gasteiger partial charge >= 0.3 is 7.12 Å². The van der Waals surface area contributed by atoms with E-state index in [1.807, 2.05) is 86.9 Å². The SMILES string of the molecule is CC1(C)OB(c2ccccc2-n2c3ccccc3c3cccc(F)c32)OC1(C)C. The minimum Gasteiger partial charge on any atom is -0.399 e. The van der Waals surface area contributed by atoms with E-state index >= 15 is 4.39 Å². The van der Waals surface area contributed by atoms with E-state index < -0.39 is 18.3 Å². The molecule has 29 heavy (non-hydrogen) atoms. The van der Waals surface area contributed by atoms with Gasteiger partial charge in [0.15, 0.2) is 0 Å². The van der Waals surface area contributed by atoms with Crippen LogP contribution in [0.25, 0.3) is 27.5 Å². The first-order valence-electron chi connectivity index (χ1n) is 9.93. The van der Waals surface area contributed by atoms with E-state index in [0.29, 0.717) is 5.52 Å². The van der Waals surface area contributed by atoms with Crippen LogP contribution in [0.15, 0.2) is 66.7 Å². The smallest absolute Gasteiger partial charge is 0.399 e. The Labute approximate surface area is 170 Å². The molecule has 0 bridgehead atoms. The zero-order chi connectivity index (χ0) is 20.4. The molecule has 146 valence electrons. The number of fused-ring (bicyclic) bond motifs is 3. The molecule has 0 N–H and O–H groups in total. The molecule has 1 aliphatic rings. The summed E-state index contributed by atoms with van der Waals surface area (Å²) >= 11 is 0. The van der Waals surface area contributed by atoms with Gasteiger partial charge in [-0.3, -0.25) is 0 Å². The summed E-state index contributed by atoms with van der Waals surface area (Å²) in [4.78, 5) is 0. The van der Waals surface area contributed by atoms with Gasteiger partial charge in [-0.2, -0.15) is 0 Å². The average Bonchev–Trinajstić information content (AvgIpc) is 3.13. The second-order valence-electron chi connectivity index (χ2n) is 8.64. The molecule has 1 fully saturated rings. The van der Waals surface area contributed by atoms with Crippen LogP contribution in [0.1, 0.15) is 27.7 Å². The molecule has 1 aromatic heterocycles. The molecular formula is C24H23BFNO2. The minimum absolute atomic E-state index is 0.248. The Kier molecular flexibility index (Phi) is 3.93. The first-order chi connectivity index (χ1) is 13.8. The molecule has 3 aromatic carbocycles. The van der Waals surface area contributed by atoms with Crippen molar-refractivity contribution >= 4 is 34.4 Å². The van der Waals surface area contributed by atoms with Gasteiger partial charge in [0.2, 0.25) is 0 Å². The van der Waals surface area contributed by atoms with Gasteiger partial charge in [0.25, 0.3) is 0 Å². The molecule has 0 saturated carbocycles. The Balaban J connectivity index is 1.80. The maximum Gasteiger partial charge on any atom is 0.496 e. The number of hydrogen-bond donors (Lipinski definition) is 0. The fourth-order valence-corrected chi connectivity index (χ4v) is 4.09. The van der Waals surface area contributed by atoms with Crippen molar-refractivity contribution in [1.82, 2.24) is 4.57 Å². The summed E-state index contributed by atoms with van der Waals surface area (Å²) in [5, 5.41) is 1.91. The summed E-state index contributed by atoms with van der Waals surface area (Å²) in [6.07, 6.45) is 0. The number of halogens is 1. The van der Waals surface area contributed by atoms with Crippen molar-refractivity contribution in [3.63, 3.8) is 0 Å². The molecular weight excluding hydrogens is 364 g/mol. The maximum absolute atomic E-state index is 15.0. The van der Waals surface area contributed by atoms with Crippen molar-refractivity contribution in [3.05, 3.63) is 72.5 Å². The van der Waals surface area contributed by atoms with E-state index in [1.54, 1.807) is 6.07 Å². The number of hydrogen-bond acceptors (Lipinski definition) is 2. The third kappa shape index (κ3) is 2.65. The standard InChI is InChI=1S/C24H23BFNO2/c1-23(2)24(3,4)29-25(28-23)18-12-6-8-15-21(18)27-20-14-7-5-10-16(20)17-11-9-13-19(26)22(17)27/h5-15H,1-4H3. The van der Waals surface area contributed by atoms with Gasteiger partial charge in [0, 0.05) is 21.9 Å². The van der Waals surface area contributed by atoms with Crippen molar-refractivity contribution in [1.29, 1.82) is 0 Å². The van der Waals surface area contributed by atoms with Gasteiger partial charge < -0.3 is 13.9 Å². The third-order valence-electron chi connectivity index (χ3n) is 6.33. The van der Waals surface area contributed by atoms with Crippen LogP contribution < -0.4 is 5.46 Å². The van der Waals surface area contributed by atoms with Gasteiger partial charge in [-0.25, -0.2) is 4.39 Å². The van der Waals surface area contributed by atoms with Crippen molar-refractivity contribution in [3.8, 4) is 5.69 Å². The minimum atomic E-state index is -0.529. The molecule has 0 aliphatic carbocycles. The lowest BCUT2D eigenvalue weighted by Gasteiger charge is -2.32. The molecule has 5 rings (SSSR count). The summed E-state index contributed by atoms with van der Waals surface area (Å²) < 4.78 is 29.7. The molecule has 3 nitrogen and oxygen atoms in total. The molecule has 2 heterocycles. The van der Waals surface area contributed by atoms with Crippen LogP contribution >= 0.6 is 0 Å². The number of benzene rings is 3. The van der Waals surface area contributed by atoms with Gasteiger partial charge in [0.1, 0.15) is 5.82 Å². The van der Waals surface area contributed by atoms with Crippen LogP contribution in [-0.2, 0) is 9.31 Å². The average molecular weight is 387 g/mol. The van der Waals surface area contributed by atoms with Crippen LogP contribution in [-0.4, -0.2) is 22.9 Å². The molecule has 0 radical (unpaired) electrons. The van der Waals surface area contributed by atoms with Gasteiger partial charge in [-0.15, -0.1) is 0 Å². The highest BCUT2D eigenvalue weighted by Gasteiger charge is 2.52. The Hall–Kier alpha value is -2.63. The largest absolute Gasteiger partial charge is 0.496 e. The van der Waals surface area contributed by atoms with Crippen LogP contribution in [0, 0.1) is 5.82 Å². The van der Waals surface area contributed by atoms with E-state index in [9.17, 15) is 0 Å². The normalized spacial score (nSPS) is 18.0. The molecule has 1 aliphatic heterocycles. The highest BCUT2D eigenvalue weighted by atomic mass is 19.1. The molecule has 1 saturated heterocycles. The highest BCUT2D eigenvalue weighted by molar-refractivity contribution is 6.63. The lowest BCUT2D eigenvalue weighted by Crippen LogP contribution is -2.41. The summed E-state index contributed by atoms with van der Waals surface area (Å²) in [7, 11) is -0.529. The number of nitrogens with zero attached hydrogens (tertiary/aromatic N) is 1. The van der Waals surface area contributed by atoms with Crippen molar-refractivity contribution in [2.45, 2.75) is 38.9 Å². The van der Waals surface area contributed by atoms with Crippen LogP contribution in [0.4, 0.5) is 4.39 Å². The quantitative estimate of drug-likeness (QED) is 0.440. The van der Waals surface area contributed by atoms with Crippen molar-refractivity contribution in [2.75, 3.05) is 0 Å². The summed E-state index contributed by atoms with van der Waals surface area (Å²) in [6.45, 7) is 8.15. The van der Waals surface area contributed by atoms with Gasteiger partial charge in [-0.1, -0.05) is 48.5 Å². The Morgan fingerprint density at radius 1 is 0.759 bits per heavy atom. The molecule has 0 atom stereocenters. The van der Waals surface area contributed by atoms with E-state index in [1.165, 1.54) is 6.07 Å². The third-order valence-corrected chi connectivity index (χ3v) is 6.33. The Morgan fingerprint density at radius 3 is 2.14 bits per heavy atom. The van der Waals surface area contributed by atoms with E-state index in [4.69, 9.17) is 9.31 Å². The van der Waals surface area contributed by atoms with E-state index in [0.717, 1.165) is 27.4 Å². The van der Waals surface area contributed by atoms with Crippen LogP contribution in [0.5, 0.6) is 0 Å². The van der Waals surface area contributed by atoms with E-state index in [-0.39, 0.29) is 5.82 Å². The van der Waals surface area contributed by atoms with Crippen molar-refractivity contribution < 1.29 is 13.7 Å².